The van der Waals surface area contributed by atoms with E-state index in [2.05, 4.69) is 5.43 Å². The minimum Gasteiger partial charge on any atom is -0.375 e. The van der Waals surface area contributed by atoms with E-state index in [9.17, 15) is 9.59 Å². The number of amides is 1. The number of carbonyl (C=O) groups is 1. The maximum absolute atomic E-state index is 12.3. The Balaban J connectivity index is 2.13. The van der Waals surface area contributed by atoms with E-state index in [1.54, 1.807) is 22.7 Å². The Morgan fingerprint density at radius 1 is 1.47 bits per heavy atom. The molecule has 0 aromatic carbocycles. The molecule has 0 radical (unpaired) electrons. The third-order valence-electron chi connectivity index (χ3n) is 3.22. The molecule has 0 aliphatic carbocycles. The van der Waals surface area contributed by atoms with Gasteiger partial charge in [0.1, 0.15) is 11.9 Å². The number of ether oxygens (including phenoxy) is 1. The SMILES string of the molecule is Cc1c2n(ccc1=O)N[C@@H]1COCCN1C2=O. The summed E-state index contributed by atoms with van der Waals surface area (Å²) in [5.41, 5.74) is 3.95. The molecule has 0 unspecified atom stereocenters. The number of rotatable bonds is 0. The summed E-state index contributed by atoms with van der Waals surface area (Å²) >= 11 is 0. The molecule has 1 amide bonds. The van der Waals surface area contributed by atoms with Crippen LogP contribution in [0.25, 0.3) is 0 Å². The quantitative estimate of drug-likeness (QED) is 0.659. The summed E-state index contributed by atoms with van der Waals surface area (Å²) < 4.78 is 6.94. The number of pyridine rings is 1. The second-order valence-electron chi connectivity index (χ2n) is 4.24. The number of carbonyl (C=O) groups excluding carboxylic acids is 1. The molecule has 17 heavy (non-hydrogen) atoms. The molecule has 6 nitrogen and oxygen atoms in total. The molecular weight excluding hydrogens is 222 g/mol. The van der Waals surface area contributed by atoms with E-state index in [-0.39, 0.29) is 17.5 Å². The molecule has 3 rings (SSSR count). The van der Waals surface area contributed by atoms with E-state index in [0.29, 0.717) is 31.0 Å². The van der Waals surface area contributed by atoms with Crippen molar-refractivity contribution in [3.05, 3.63) is 33.7 Å². The zero-order valence-corrected chi connectivity index (χ0v) is 9.47. The van der Waals surface area contributed by atoms with Crippen LogP contribution in [0.15, 0.2) is 17.1 Å². The minimum atomic E-state index is -0.148. The topological polar surface area (TPSA) is 63.6 Å². The van der Waals surface area contributed by atoms with Gasteiger partial charge < -0.3 is 15.1 Å². The molecule has 6 heteroatoms. The van der Waals surface area contributed by atoms with Gasteiger partial charge in [-0.25, -0.2) is 0 Å². The summed E-state index contributed by atoms with van der Waals surface area (Å²) in [6.45, 7) is 3.24. The van der Waals surface area contributed by atoms with Gasteiger partial charge in [0.25, 0.3) is 5.91 Å². The Hall–Kier alpha value is -1.82. The van der Waals surface area contributed by atoms with Crippen LogP contribution in [-0.2, 0) is 4.74 Å². The van der Waals surface area contributed by atoms with E-state index < -0.39 is 0 Å². The lowest BCUT2D eigenvalue weighted by atomic mass is 10.1. The largest absolute Gasteiger partial charge is 0.375 e. The molecule has 0 saturated carbocycles. The van der Waals surface area contributed by atoms with Gasteiger partial charge in [-0.1, -0.05) is 0 Å². The molecule has 3 heterocycles. The molecule has 1 N–H and O–H groups in total. The van der Waals surface area contributed by atoms with Crippen LogP contribution in [0.2, 0.25) is 0 Å². The number of fused-ring (bicyclic) bond motifs is 2. The number of morpholine rings is 1. The van der Waals surface area contributed by atoms with Crippen LogP contribution < -0.4 is 10.9 Å². The van der Waals surface area contributed by atoms with E-state index in [1.165, 1.54) is 6.07 Å². The second-order valence-corrected chi connectivity index (χ2v) is 4.24. The number of hydrogen-bond acceptors (Lipinski definition) is 4. The summed E-state index contributed by atoms with van der Waals surface area (Å²) in [5, 5.41) is 0. The number of nitrogens with one attached hydrogen (secondary N) is 1. The maximum atomic E-state index is 12.3. The van der Waals surface area contributed by atoms with Crippen molar-refractivity contribution >= 4 is 5.91 Å². The average Bonchev–Trinajstić information content (AvgIpc) is 2.34. The monoisotopic (exact) mass is 235 g/mol. The molecule has 2 aliphatic rings. The van der Waals surface area contributed by atoms with Crippen molar-refractivity contribution in [2.75, 3.05) is 25.2 Å². The van der Waals surface area contributed by atoms with Crippen LogP contribution in [0, 0.1) is 6.92 Å². The van der Waals surface area contributed by atoms with Gasteiger partial charge in [0.15, 0.2) is 5.43 Å². The first-order valence-corrected chi connectivity index (χ1v) is 5.56. The Morgan fingerprint density at radius 2 is 2.29 bits per heavy atom. The molecule has 1 aromatic heterocycles. The van der Waals surface area contributed by atoms with Crippen LogP contribution >= 0.6 is 0 Å². The van der Waals surface area contributed by atoms with Gasteiger partial charge in [-0.15, -0.1) is 0 Å². The Morgan fingerprint density at radius 3 is 3.12 bits per heavy atom. The van der Waals surface area contributed by atoms with Gasteiger partial charge in [-0.3, -0.25) is 14.3 Å². The third kappa shape index (κ3) is 1.44. The lowest BCUT2D eigenvalue weighted by molar-refractivity contribution is -0.00292. The molecule has 0 spiro atoms. The van der Waals surface area contributed by atoms with E-state index in [0.717, 1.165) is 0 Å². The standard InChI is InChI=1S/C11H13N3O3/c1-7-8(15)2-3-14-10(7)11(16)13-4-5-17-6-9(13)12-14/h2-3,9,12H,4-6H2,1H3/t9-/m0/s1. The van der Waals surface area contributed by atoms with Gasteiger partial charge in [-0.2, -0.15) is 0 Å². The predicted molar refractivity (Wildman–Crippen MR) is 60.4 cm³/mol. The normalized spacial score (nSPS) is 22.8. The maximum Gasteiger partial charge on any atom is 0.274 e. The smallest absolute Gasteiger partial charge is 0.274 e. The summed E-state index contributed by atoms with van der Waals surface area (Å²) in [7, 11) is 0. The van der Waals surface area contributed by atoms with E-state index >= 15 is 0 Å². The van der Waals surface area contributed by atoms with Crippen molar-refractivity contribution in [1.82, 2.24) is 9.58 Å². The fraction of sp³-hybridized carbons (Fsp3) is 0.455. The van der Waals surface area contributed by atoms with Crippen molar-refractivity contribution in [1.29, 1.82) is 0 Å². The number of aromatic nitrogens is 1. The second kappa shape index (κ2) is 3.59. The Labute approximate surface area is 97.8 Å². The summed E-state index contributed by atoms with van der Waals surface area (Å²) in [5.74, 6) is -0.104. The molecule has 2 aliphatic heterocycles. The summed E-state index contributed by atoms with van der Waals surface area (Å²) in [6, 6.07) is 1.46. The summed E-state index contributed by atoms with van der Waals surface area (Å²) in [6.07, 6.45) is 1.44. The van der Waals surface area contributed by atoms with Crippen molar-refractivity contribution in [2.24, 2.45) is 0 Å². The van der Waals surface area contributed by atoms with E-state index in [4.69, 9.17) is 4.74 Å². The number of hydrogen-bond donors (Lipinski definition) is 1. The Bertz CT molecular complexity index is 537. The first-order valence-electron chi connectivity index (χ1n) is 5.56. The molecule has 1 saturated heterocycles. The van der Waals surface area contributed by atoms with Crippen molar-refractivity contribution in [2.45, 2.75) is 13.1 Å². The van der Waals surface area contributed by atoms with Crippen molar-refractivity contribution < 1.29 is 9.53 Å². The lowest BCUT2D eigenvalue weighted by Gasteiger charge is -2.41. The number of nitrogens with zero attached hydrogens (tertiary/aromatic N) is 2. The van der Waals surface area contributed by atoms with Gasteiger partial charge in [0.05, 0.1) is 13.2 Å². The third-order valence-corrected chi connectivity index (χ3v) is 3.22. The predicted octanol–water partition coefficient (Wildman–Crippen LogP) is -0.488. The van der Waals surface area contributed by atoms with Gasteiger partial charge in [-0.05, 0) is 6.92 Å². The van der Waals surface area contributed by atoms with Gasteiger partial charge in [0, 0.05) is 24.4 Å². The molecular formula is C11H13N3O3. The van der Waals surface area contributed by atoms with Crippen LogP contribution in [0.3, 0.4) is 0 Å². The highest BCUT2D eigenvalue weighted by Crippen LogP contribution is 2.17. The molecule has 0 bridgehead atoms. The lowest BCUT2D eigenvalue weighted by Crippen LogP contribution is -2.59. The molecule has 90 valence electrons. The molecule has 1 fully saturated rings. The average molecular weight is 235 g/mol. The zero-order chi connectivity index (χ0) is 12.0. The summed E-state index contributed by atoms with van der Waals surface area (Å²) in [4.78, 5) is 25.6. The first kappa shape index (κ1) is 10.3. The van der Waals surface area contributed by atoms with Crippen LogP contribution in [0.5, 0.6) is 0 Å². The highest BCUT2D eigenvalue weighted by atomic mass is 16.5. The Kier molecular flexibility index (Phi) is 2.19. The van der Waals surface area contributed by atoms with Crippen LogP contribution in [0.4, 0.5) is 0 Å². The fourth-order valence-corrected chi connectivity index (χ4v) is 2.26. The molecule has 1 atom stereocenters. The van der Waals surface area contributed by atoms with Crippen LogP contribution in [-0.4, -0.2) is 41.4 Å². The highest BCUT2D eigenvalue weighted by molar-refractivity contribution is 5.95. The van der Waals surface area contributed by atoms with Crippen LogP contribution in [0.1, 0.15) is 16.1 Å². The van der Waals surface area contributed by atoms with Gasteiger partial charge >= 0.3 is 0 Å². The molecule has 1 aromatic rings. The zero-order valence-electron chi connectivity index (χ0n) is 9.47. The fourth-order valence-electron chi connectivity index (χ4n) is 2.26. The van der Waals surface area contributed by atoms with Crippen molar-refractivity contribution in [3.8, 4) is 0 Å². The van der Waals surface area contributed by atoms with E-state index in [1.807, 2.05) is 0 Å². The van der Waals surface area contributed by atoms with Gasteiger partial charge in [0.2, 0.25) is 0 Å². The highest BCUT2D eigenvalue weighted by Gasteiger charge is 2.35. The minimum absolute atomic E-state index is 0.104. The van der Waals surface area contributed by atoms with Crippen molar-refractivity contribution in [3.63, 3.8) is 0 Å². The first-order chi connectivity index (χ1) is 8.18.